The molecule has 6 nitrogen and oxygen atoms in total. The van der Waals surface area contributed by atoms with Crippen molar-refractivity contribution in [3.63, 3.8) is 0 Å². The molecule has 0 spiro atoms. The molecule has 1 amide bonds. The summed E-state index contributed by atoms with van der Waals surface area (Å²) in [7, 11) is 0. The highest BCUT2D eigenvalue weighted by Crippen LogP contribution is 2.20. The number of H-pyrrole nitrogens is 1. The summed E-state index contributed by atoms with van der Waals surface area (Å²) in [6.07, 6.45) is 1.68. The topological polar surface area (TPSA) is 90.1 Å². The van der Waals surface area contributed by atoms with Gasteiger partial charge >= 0.3 is 0 Å². The van der Waals surface area contributed by atoms with Crippen molar-refractivity contribution >= 4 is 11.6 Å². The average Bonchev–Trinajstić information content (AvgIpc) is 3.16. The van der Waals surface area contributed by atoms with Gasteiger partial charge in [-0.2, -0.15) is 5.26 Å². The summed E-state index contributed by atoms with van der Waals surface area (Å²) in [5.74, 6) is 0.0687. The van der Waals surface area contributed by atoms with E-state index in [1.807, 2.05) is 31.2 Å². The second-order valence-electron chi connectivity index (χ2n) is 5.80. The molecule has 1 aromatic carbocycles. The number of aryl methyl sites for hydroxylation is 1. The van der Waals surface area contributed by atoms with Crippen LogP contribution in [0.25, 0.3) is 11.5 Å². The largest absolute Gasteiger partial charge is 0.463 e. The molecule has 0 radical (unpaired) electrons. The molecule has 26 heavy (non-hydrogen) atoms. The Morgan fingerprint density at radius 1 is 1.23 bits per heavy atom. The molecule has 0 atom stereocenters. The van der Waals surface area contributed by atoms with Crippen molar-refractivity contribution in [2.24, 2.45) is 0 Å². The minimum absolute atomic E-state index is 0.0137. The van der Waals surface area contributed by atoms with Crippen LogP contribution < -0.4 is 10.5 Å². The second-order valence-corrected chi connectivity index (χ2v) is 5.80. The lowest BCUT2D eigenvalue weighted by Gasteiger charge is -2.22. The third-order valence-corrected chi connectivity index (χ3v) is 3.93. The van der Waals surface area contributed by atoms with E-state index in [2.05, 4.69) is 4.98 Å². The van der Waals surface area contributed by atoms with Crippen LogP contribution in [0.5, 0.6) is 0 Å². The third kappa shape index (κ3) is 3.57. The number of aromatic amines is 1. The summed E-state index contributed by atoms with van der Waals surface area (Å²) in [4.78, 5) is 29.5. The van der Waals surface area contributed by atoms with E-state index in [9.17, 15) is 9.59 Å². The monoisotopic (exact) mass is 347 g/mol. The molecule has 130 valence electrons. The van der Waals surface area contributed by atoms with Gasteiger partial charge in [0, 0.05) is 12.2 Å². The SMILES string of the molecule is Cc1cccc(N(CCC#N)C(=O)c2ccc(-c3ccco3)[nH]c2=O)c1. The normalized spacial score (nSPS) is 10.3. The fourth-order valence-electron chi connectivity index (χ4n) is 2.67. The number of rotatable bonds is 5. The number of benzene rings is 1. The first-order valence-electron chi connectivity index (χ1n) is 8.13. The van der Waals surface area contributed by atoms with Gasteiger partial charge < -0.3 is 14.3 Å². The Morgan fingerprint density at radius 2 is 2.08 bits per heavy atom. The van der Waals surface area contributed by atoms with Crippen molar-refractivity contribution < 1.29 is 9.21 Å². The second kappa shape index (κ2) is 7.53. The number of hydrogen-bond donors (Lipinski definition) is 1. The lowest BCUT2D eigenvalue weighted by Crippen LogP contribution is -2.35. The number of furan rings is 1. The predicted molar refractivity (Wildman–Crippen MR) is 97.9 cm³/mol. The van der Waals surface area contributed by atoms with Crippen molar-refractivity contribution in [2.45, 2.75) is 13.3 Å². The lowest BCUT2D eigenvalue weighted by molar-refractivity contribution is 0.0986. The van der Waals surface area contributed by atoms with Crippen LogP contribution in [0.3, 0.4) is 0 Å². The zero-order valence-electron chi connectivity index (χ0n) is 14.2. The molecule has 0 unspecified atom stereocenters. The first-order chi connectivity index (χ1) is 12.6. The minimum Gasteiger partial charge on any atom is -0.463 e. The zero-order valence-corrected chi connectivity index (χ0v) is 14.2. The number of pyridine rings is 1. The molecule has 6 heteroatoms. The Balaban J connectivity index is 1.96. The van der Waals surface area contributed by atoms with Crippen LogP contribution in [0.1, 0.15) is 22.3 Å². The lowest BCUT2D eigenvalue weighted by atomic mass is 10.1. The first kappa shape index (κ1) is 17.2. The first-order valence-corrected chi connectivity index (χ1v) is 8.13. The third-order valence-electron chi connectivity index (χ3n) is 3.93. The van der Waals surface area contributed by atoms with Crippen LogP contribution in [0, 0.1) is 18.3 Å². The maximum absolute atomic E-state index is 13.0. The molecular formula is C20H17N3O3. The molecule has 0 aliphatic rings. The number of amides is 1. The summed E-state index contributed by atoms with van der Waals surface area (Å²) < 4.78 is 5.26. The number of nitrogens with one attached hydrogen (secondary N) is 1. The number of carbonyl (C=O) groups excluding carboxylic acids is 1. The Labute approximate surface area is 150 Å². The summed E-state index contributed by atoms with van der Waals surface area (Å²) in [5.41, 5.74) is 1.65. The van der Waals surface area contributed by atoms with Gasteiger partial charge in [-0.1, -0.05) is 12.1 Å². The Kier molecular flexibility index (Phi) is 4.99. The van der Waals surface area contributed by atoms with Gasteiger partial charge in [-0.25, -0.2) is 0 Å². The van der Waals surface area contributed by atoms with E-state index in [-0.39, 0.29) is 18.5 Å². The van der Waals surface area contributed by atoms with Crippen LogP contribution >= 0.6 is 0 Å². The van der Waals surface area contributed by atoms with Crippen LogP contribution in [0.2, 0.25) is 0 Å². The molecule has 3 rings (SSSR count). The average molecular weight is 347 g/mol. The molecule has 0 aliphatic heterocycles. The van der Waals surface area contributed by atoms with Gasteiger partial charge in [0.25, 0.3) is 11.5 Å². The molecule has 0 bridgehead atoms. The number of carbonyl (C=O) groups is 1. The van der Waals surface area contributed by atoms with Gasteiger partial charge in [0.2, 0.25) is 0 Å². The van der Waals surface area contributed by atoms with E-state index in [1.165, 1.54) is 17.2 Å². The van der Waals surface area contributed by atoms with Crippen LogP contribution in [-0.4, -0.2) is 17.4 Å². The minimum atomic E-state index is -0.501. The maximum Gasteiger partial charge on any atom is 0.263 e. The molecule has 2 aromatic heterocycles. The highest BCUT2D eigenvalue weighted by Gasteiger charge is 2.21. The van der Waals surface area contributed by atoms with E-state index >= 15 is 0 Å². The van der Waals surface area contributed by atoms with Gasteiger partial charge in [-0.3, -0.25) is 9.59 Å². The van der Waals surface area contributed by atoms with Gasteiger partial charge in [-0.15, -0.1) is 0 Å². The summed E-state index contributed by atoms with van der Waals surface area (Å²) in [6.45, 7) is 2.12. The van der Waals surface area contributed by atoms with E-state index < -0.39 is 11.5 Å². The summed E-state index contributed by atoms with van der Waals surface area (Å²) in [5, 5.41) is 8.90. The Bertz CT molecular complexity index is 1010. The highest BCUT2D eigenvalue weighted by molar-refractivity contribution is 6.06. The van der Waals surface area contributed by atoms with Gasteiger partial charge in [-0.05, 0) is 48.9 Å². The van der Waals surface area contributed by atoms with E-state index in [1.54, 1.807) is 24.3 Å². The smallest absolute Gasteiger partial charge is 0.263 e. The van der Waals surface area contributed by atoms with Crippen molar-refractivity contribution in [1.82, 2.24) is 4.98 Å². The molecule has 3 aromatic rings. The number of anilines is 1. The quantitative estimate of drug-likeness (QED) is 0.765. The molecule has 1 N–H and O–H groups in total. The summed E-state index contributed by atoms with van der Waals surface area (Å²) >= 11 is 0. The van der Waals surface area contributed by atoms with Gasteiger partial charge in [0.15, 0.2) is 0 Å². The predicted octanol–water partition coefficient (Wildman–Crippen LogP) is 3.50. The number of aromatic nitrogens is 1. The number of hydrogen-bond acceptors (Lipinski definition) is 4. The van der Waals surface area contributed by atoms with Crippen LogP contribution in [0.4, 0.5) is 5.69 Å². The fraction of sp³-hybridized carbons (Fsp3) is 0.150. The Hall–Kier alpha value is -3.59. The molecule has 2 heterocycles. The van der Waals surface area contributed by atoms with Crippen molar-refractivity contribution in [3.8, 4) is 17.5 Å². The molecule has 0 fully saturated rings. The highest BCUT2D eigenvalue weighted by atomic mass is 16.3. The van der Waals surface area contributed by atoms with Crippen molar-refractivity contribution in [1.29, 1.82) is 5.26 Å². The molecule has 0 aliphatic carbocycles. The Morgan fingerprint density at radius 3 is 2.73 bits per heavy atom. The zero-order chi connectivity index (χ0) is 18.5. The van der Waals surface area contributed by atoms with Crippen LogP contribution in [-0.2, 0) is 0 Å². The van der Waals surface area contributed by atoms with Crippen molar-refractivity contribution in [3.05, 3.63) is 76.3 Å². The standard InChI is InChI=1S/C20H17N3O3/c1-14-5-2-6-15(13-14)23(11-4-10-21)20(25)16-8-9-17(22-19(16)24)18-7-3-12-26-18/h2-3,5-9,12-13H,4,11H2,1H3,(H,22,24). The van der Waals surface area contributed by atoms with Crippen LogP contribution in [0.15, 0.2) is 64.0 Å². The molecule has 0 saturated heterocycles. The van der Waals surface area contributed by atoms with Gasteiger partial charge in [0.1, 0.15) is 11.3 Å². The van der Waals surface area contributed by atoms with E-state index in [4.69, 9.17) is 9.68 Å². The van der Waals surface area contributed by atoms with Gasteiger partial charge in [0.05, 0.1) is 24.4 Å². The summed E-state index contributed by atoms with van der Waals surface area (Å²) in [6, 6.07) is 16.0. The number of nitriles is 1. The maximum atomic E-state index is 13.0. The van der Waals surface area contributed by atoms with Crippen molar-refractivity contribution in [2.75, 3.05) is 11.4 Å². The van der Waals surface area contributed by atoms with E-state index in [0.717, 1.165) is 5.56 Å². The number of nitrogens with zero attached hydrogens (tertiary/aromatic N) is 2. The van der Waals surface area contributed by atoms with E-state index in [0.29, 0.717) is 17.1 Å². The molecule has 0 saturated carbocycles. The fourth-order valence-corrected chi connectivity index (χ4v) is 2.67. The molecular weight excluding hydrogens is 330 g/mol.